The van der Waals surface area contributed by atoms with Gasteiger partial charge in [0, 0.05) is 22.3 Å². The number of hydrogen-bond donors (Lipinski definition) is 4. The monoisotopic (exact) mass is 820 g/mol. The fourth-order valence-electron chi connectivity index (χ4n) is 7.91. The summed E-state index contributed by atoms with van der Waals surface area (Å²) in [5.74, 6) is -0.920. The standard InChI is InChI=1S/C50H44N4O4Si2/c1-59(2,3)33-11-7-9-29(25-33)47-35-15-19-39(51-35)49(31-13-23-43(55)45(57)27-31)41-21-17-37(53-41)48(30-10-8-12-34(26-30)60(4,5)6)38-18-22-42(54-38)50(40-20-16-36(47)52-40)32-14-24-44(56)46(58)28-32/h7-28,55-58H,1-6H3. The first-order valence-corrected chi connectivity index (χ1v) is 26.9. The zero-order valence-electron chi connectivity index (χ0n) is 34.3. The van der Waals surface area contributed by atoms with Crippen molar-refractivity contribution in [1.82, 2.24) is 0 Å². The lowest BCUT2D eigenvalue weighted by Gasteiger charge is -2.19. The number of phenolic OH excluding ortho intramolecular Hbond substituents is 4. The summed E-state index contributed by atoms with van der Waals surface area (Å²) in [7, 11) is -3.46. The van der Waals surface area contributed by atoms with Gasteiger partial charge in [-0.05, 0) is 95.1 Å². The predicted octanol–water partition coefficient (Wildman–Crippen LogP) is 9.60. The molecule has 0 atom stereocenters. The lowest BCUT2D eigenvalue weighted by atomic mass is 9.98. The molecule has 8 bridgehead atoms. The maximum atomic E-state index is 10.8. The predicted molar refractivity (Wildman–Crippen MR) is 252 cm³/mol. The average Bonchev–Trinajstić information content (AvgIpc) is 4.05. The first-order chi connectivity index (χ1) is 28.6. The molecule has 0 unspecified atom stereocenters. The molecular weight excluding hydrogens is 777 g/mol. The summed E-state index contributed by atoms with van der Waals surface area (Å²) in [4.78, 5) is 21.3. The maximum Gasteiger partial charge on any atom is 0.158 e. The SMILES string of the molecule is C[Si](C)(C)c1cccc(C2=C3C=CC(=N3)C(c3ccc(O)c(O)c3)=C3C=CC(=N3)C(c3cccc([Si](C)(C)C)c3)=C3C=CC(=N3)C(c3ccc(O)c(O)c3)=C3C=CC2=N3)c1. The van der Waals surface area contributed by atoms with E-state index in [2.05, 4.69) is 87.8 Å². The van der Waals surface area contributed by atoms with Gasteiger partial charge in [-0.2, -0.15) is 0 Å². The van der Waals surface area contributed by atoms with Crippen LogP contribution in [0.4, 0.5) is 0 Å². The molecule has 5 aliphatic rings. The summed E-state index contributed by atoms with van der Waals surface area (Å²) in [6.45, 7) is 13.9. The number of hydrogen-bond acceptors (Lipinski definition) is 8. The molecule has 10 heteroatoms. The van der Waals surface area contributed by atoms with Crippen LogP contribution in [0, 0.1) is 0 Å². The number of nitrogens with zero attached hydrogens (tertiary/aromatic N) is 4. The third kappa shape index (κ3) is 7.03. The quantitative estimate of drug-likeness (QED) is 0.114. The van der Waals surface area contributed by atoms with Gasteiger partial charge >= 0.3 is 0 Å². The molecule has 296 valence electrons. The van der Waals surface area contributed by atoms with E-state index in [-0.39, 0.29) is 23.0 Å². The molecule has 5 heterocycles. The van der Waals surface area contributed by atoms with E-state index in [1.54, 1.807) is 24.3 Å². The Hall–Kier alpha value is -6.89. The van der Waals surface area contributed by atoms with Gasteiger partial charge in [0.1, 0.15) is 0 Å². The minimum Gasteiger partial charge on any atom is -0.504 e. The molecule has 5 aliphatic heterocycles. The van der Waals surface area contributed by atoms with E-state index in [1.807, 2.05) is 48.6 Å². The number of benzene rings is 4. The van der Waals surface area contributed by atoms with Crippen LogP contribution in [-0.2, 0) is 0 Å². The first-order valence-electron chi connectivity index (χ1n) is 19.9. The van der Waals surface area contributed by atoms with E-state index in [0.29, 0.717) is 67.9 Å². The second kappa shape index (κ2) is 14.4. The Morgan fingerprint density at radius 3 is 0.917 bits per heavy atom. The van der Waals surface area contributed by atoms with Crippen molar-refractivity contribution >= 4 is 71.7 Å². The zero-order valence-corrected chi connectivity index (χ0v) is 36.3. The van der Waals surface area contributed by atoms with Crippen molar-refractivity contribution in [2.75, 3.05) is 0 Å². The Kier molecular flexibility index (Phi) is 9.29. The largest absolute Gasteiger partial charge is 0.504 e. The molecule has 0 aliphatic carbocycles. The summed E-state index contributed by atoms with van der Waals surface area (Å²) in [6.07, 6.45) is 15.9. The van der Waals surface area contributed by atoms with E-state index in [1.165, 1.54) is 22.5 Å². The molecule has 8 nitrogen and oxygen atoms in total. The topological polar surface area (TPSA) is 130 Å². The number of aromatic hydroxyl groups is 4. The minimum atomic E-state index is -1.73. The second-order valence-corrected chi connectivity index (χ2v) is 27.6. The summed E-state index contributed by atoms with van der Waals surface area (Å²) < 4.78 is 0. The van der Waals surface area contributed by atoms with E-state index < -0.39 is 16.1 Å². The van der Waals surface area contributed by atoms with Crippen LogP contribution >= 0.6 is 0 Å². The van der Waals surface area contributed by atoms with Gasteiger partial charge in [0.05, 0.1) is 61.8 Å². The van der Waals surface area contributed by atoms with E-state index in [0.717, 1.165) is 22.3 Å². The van der Waals surface area contributed by atoms with Crippen LogP contribution < -0.4 is 10.4 Å². The van der Waals surface area contributed by atoms with Crippen LogP contribution in [0.25, 0.3) is 22.3 Å². The number of fused-ring (bicyclic) bond motifs is 4. The third-order valence-electron chi connectivity index (χ3n) is 11.2. The maximum absolute atomic E-state index is 10.8. The molecule has 9 rings (SSSR count). The van der Waals surface area contributed by atoms with Gasteiger partial charge in [-0.1, -0.05) is 110 Å². The molecule has 0 saturated heterocycles. The Morgan fingerprint density at radius 1 is 0.333 bits per heavy atom. The van der Waals surface area contributed by atoms with Crippen molar-refractivity contribution in [3.63, 3.8) is 0 Å². The molecule has 0 saturated carbocycles. The normalized spacial score (nSPS) is 17.3. The summed E-state index contributed by atoms with van der Waals surface area (Å²) in [5, 5.41) is 44.8. The molecule has 60 heavy (non-hydrogen) atoms. The molecular formula is C50H44N4O4Si2. The average molecular weight is 821 g/mol. The summed E-state index contributed by atoms with van der Waals surface area (Å²) >= 11 is 0. The Balaban J connectivity index is 1.38. The molecule has 0 spiro atoms. The van der Waals surface area contributed by atoms with Crippen molar-refractivity contribution in [2.45, 2.75) is 39.3 Å². The van der Waals surface area contributed by atoms with Crippen LogP contribution in [0.15, 0.2) is 176 Å². The highest BCUT2D eigenvalue weighted by Crippen LogP contribution is 2.40. The fourth-order valence-corrected chi connectivity index (χ4v) is 10.3. The van der Waals surface area contributed by atoms with Crippen molar-refractivity contribution in [2.24, 2.45) is 20.0 Å². The number of aliphatic imine (C=N–C) groups is 4. The van der Waals surface area contributed by atoms with Crippen LogP contribution in [-0.4, -0.2) is 59.4 Å². The third-order valence-corrected chi connectivity index (χ3v) is 15.3. The number of rotatable bonds is 6. The lowest BCUT2D eigenvalue weighted by molar-refractivity contribution is 0.403. The van der Waals surface area contributed by atoms with Crippen molar-refractivity contribution in [3.8, 4) is 23.0 Å². The molecule has 4 aromatic carbocycles. The van der Waals surface area contributed by atoms with Crippen molar-refractivity contribution in [1.29, 1.82) is 0 Å². The molecule has 0 fully saturated rings. The molecule has 4 aromatic rings. The van der Waals surface area contributed by atoms with Crippen molar-refractivity contribution in [3.05, 3.63) is 179 Å². The van der Waals surface area contributed by atoms with E-state index in [9.17, 15) is 20.4 Å². The zero-order chi connectivity index (χ0) is 42.1. The first kappa shape index (κ1) is 38.6. The molecule has 0 radical (unpaired) electrons. The highest BCUT2D eigenvalue weighted by atomic mass is 28.3. The lowest BCUT2D eigenvalue weighted by Crippen LogP contribution is -2.37. The fraction of sp³-hybridized carbons (Fsp3) is 0.120. The van der Waals surface area contributed by atoms with Gasteiger partial charge < -0.3 is 20.4 Å². The molecule has 0 amide bonds. The smallest absolute Gasteiger partial charge is 0.158 e. The number of phenols is 4. The van der Waals surface area contributed by atoms with Gasteiger partial charge in [-0.3, -0.25) is 0 Å². The van der Waals surface area contributed by atoms with Crippen LogP contribution in [0.2, 0.25) is 39.3 Å². The summed E-state index contributed by atoms with van der Waals surface area (Å²) in [5.41, 5.74) is 11.7. The van der Waals surface area contributed by atoms with Gasteiger partial charge in [-0.25, -0.2) is 20.0 Å². The molecule has 0 aromatic heterocycles. The van der Waals surface area contributed by atoms with E-state index >= 15 is 0 Å². The van der Waals surface area contributed by atoms with Gasteiger partial charge in [-0.15, -0.1) is 0 Å². The van der Waals surface area contributed by atoms with Gasteiger partial charge in [0.25, 0.3) is 0 Å². The van der Waals surface area contributed by atoms with Crippen molar-refractivity contribution < 1.29 is 20.4 Å². The minimum absolute atomic E-state index is 0.217. The highest BCUT2D eigenvalue weighted by molar-refractivity contribution is 6.89. The van der Waals surface area contributed by atoms with E-state index in [4.69, 9.17) is 20.0 Å². The number of allylic oxidation sites excluding steroid dienone is 12. The Morgan fingerprint density at radius 2 is 0.633 bits per heavy atom. The van der Waals surface area contributed by atoms with Crippen LogP contribution in [0.1, 0.15) is 22.3 Å². The van der Waals surface area contributed by atoms with Gasteiger partial charge in [0.2, 0.25) is 0 Å². The second-order valence-electron chi connectivity index (χ2n) is 17.4. The van der Waals surface area contributed by atoms with Crippen LogP contribution in [0.3, 0.4) is 0 Å². The highest BCUT2D eigenvalue weighted by Gasteiger charge is 2.29. The summed E-state index contributed by atoms with van der Waals surface area (Å²) in [6, 6.07) is 26.8. The van der Waals surface area contributed by atoms with Gasteiger partial charge in [0.15, 0.2) is 23.0 Å². The Labute approximate surface area is 351 Å². The molecule has 4 N–H and O–H groups in total. The van der Waals surface area contributed by atoms with Crippen LogP contribution in [0.5, 0.6) is 23.0 Å². The Bertz CT molecular complexity index is 2770.